The Morgan fingerprint density at radius 2 is 2.06 bits per heavy atom. The summed E-state index contributed by atoms with van der Waals surface area (Å²) in [6.45, 7) is 3.97. The normalized spacial score (nSPS) is 12.5. The molecule has 1 atom stereocenters. The van der Waals surface area contributed by atoms with Gasteiger partial charge in [-0.15, -0.1) is 11.3 Å². The molecule has 1 unspecified atom stereocenters. The summed E-state index contributed by atoms with van der Waals surface area (Å²) in [5.41, 5.74) is 7.94. The number of hydrogen-bond donors (Lipinski definition) is 1. The molecule has 0 aliphatic heterocycles. The summed E-state index contributed by atoms with van der Waals surface area (Å²) >= 11 is 1.63. The molecule has 4 heteroatoms. The number of aromatic nitrogens is 1. The molecule has 0 aliphatic rings. The van der Waals surface area contributed by atoms with Crippen molar-refractivity contribution in [3.05, 3.63) is 34.8 Å². The predicted molar refractivity (Wildman–Crippen MR) is 71.4 cm³/mol. The van der Waals surface area contributed by atoms with Crippen molar-refractivity contribution >= 4 is 11.3 Å². The predicted octanol–water partition coefficient (Wildman–Crippen LogP) is 3.15. The number of para-hydroxylation sites is 1. The summed E-state index contributed by atoms with van der Waals surface area (Å²) in [5.74, 6) is 0.845. The van der Waals surface area contributed by atoms with Crippen LogP contribution in [0.1, 0.15) is 23.5 Å². The Bertz CT molecular complexity index is 520. The van der Waals surface area contributed by atoms with Gasteiger partial charge in [-0.2, -0.15) is 0 Å². The molecule has 0 saturated heterocycles. The first kappa shape index (κ1) is 12.1. The molecule has 0 radical (unpaired) electrons. The SMILES string of the molecule is COc1ccccc1-c1nc(C)c(C(C)N)s1. The average molecular weight is 248 g/mol. The van der Waals surface area contributed by atoms with Gasteiger partial charge in [0.05, 0.1) is 18.4 Å². The van der Waals surface area contributed by atoms with Gasteiger partial charge in [-0.05, 0) is 26.0 Å². The molecule has 2 rings (SSSR count). The molecule has 0 fully saturated rings. The van der Waals surface area contributed by atoms with Gasteiger partial charge in [0.1, 0.15) is 10.8 Å². The number of nitrogens with zero attached hydrogens (tertiary/aromatic N) is 1. The van der Waals surface area contributed by atoms with Crippen molar-refractivity contribution in [1.82, 2.24) is 4.98 Å². The van der Waals surface area contributed by atoms with Crippen LogP contribution in [0, 0.1) is 6.92 Å². The van der Waals surface area contributed by atoms with Gasteiger partial charge >= 0.3 is 0 Å². The summed E-state index contributed by atoms with van der Waals surface area (Å²) in [5, 5.41) is 0.965. The third-order valence-electron chi connectivity index (χ3n) is 2.58. The second-order valence-corrected chi connectivity index (χ2v) is 4.99. The van der Waals surface area contributed by atoms with Crippen LogP contribution < -0.4 is 10.5 Å². The number of nitrogens with two attached hydrogens (primary N) is 1. The first-order valence-corrected chi connectivity index (χ1v) is 6.31. The number of thiazole rings is 1. The van der Waals surface area contributed by atoms with E-state index in [1.54, 1.807) is 18.4 Å². The van der Waals surface area contributed by atoms with Gasteiger partial charge < -0.3 is 10.5 Å². The third kappa shape index (κ3) is 2.33. The fraction of sp³-hybridized carbons (Fsp3) is 0.308. The summed E-state index contributed by atoms with van der Waals surface area (Å²) in [6.07, 6.45) is 0. The van der Waals surface area contributed by atoms with Crippen molar-refractivity contribution in [2.24, 2.45) is 5.73 Å². The number of benzene rings is 1. The van der Waals surface area contributed by atoms with E-state index in [1.165, 1.54) is 0 Å². The second-order valence-electron chi connectivity index (χ2n) is 3.96. The van der Waals surface area contributed by atoms with Gasteiger partial charge in [0, 0.05) is 10.9 Å². The summed E-state index contributed by atoms with van der Waals surface area (Å²) in [6, 6.07) is 7.92. The van der Waals surface area contributed by atoms with Crippen LogP contribution in [0.5, 0.6) is 5.75 Å². The monoisotopic (exact) mass is 248 g/mol. The summed E-state index contributed by atoms with van der Waals surface area (Å²) in [7, 11) is 1.67. The molecule has 1 heterocycles. The molecule has 0 spiro atoms. The molecule has 0 amide bonds. The first-order chi connectivity index (χ1) is 8.13. The first-order valence-electron chi connectivity index (χ1n) is 5.49. The van der Waals surface area contributed by atoms with Crippen molar-refractivity contribution < 1.29 is 4.74 Å². The molecule has 0 bridgehead atoms. The van der Waals surface area contributed by atoms with E-state index in [-0.39, 0.29) is 6.04 Å². The average Bonchev–Trinajstić information content (AvgIpc) is 2.71. The van der Waals surface area contributed by atoms with Crippen molar-refractivity contribution in [3.8, 4) is 16.3 Å². The molecule has 2 aromatic rings. The van der Waals surface area contributed by atoms with Crippen LogP contribution in [0.25, 0.3) is 10.6 Å². The van der Waals surface area contributed by atoms with Gasteiger partial charge in [0.2, 0.25) is 0 Å². The van der Waals surface area contributed by atoms with E-state index in [2.05, 4.69) is 4.98 Å². The highest BCUT2D eigenvalue weighted by molar-refractivity contribution is 7.15. The molecule has 1 aromatic carbocycles. The van der Waals surface area contributed by atoms with E-state index in [1.807, 2.05) is 38.1 Å². The maximum absolute atomic E-state index is 5.92. The summed E-state index contributed by atoms with van der Waals surface area (Å²) < 4.78 is 5.34. The lowest BCUT2D eigenvalue weighted by Crippen LogP contribution is -2.03. The Morgan fingerprint density at radius 1 is 1.35 bits per heavy atom. The Labute approximate surface area is 105 Å². The van der Waals surface area contributed by atoms with Crippen molar-refractivity contribution in [3.63, 3.8) is 0 Å². The standard InChI is InChI=1S/C13H16N2OS/c1-8(14)12-9(2)15-13(17-12)10-6-4-5-7-11(10)16-3/h4-8H,14H2,1-3H3. The second kappa shape index (κ2) is 4.85. The summed E-state index contributed by atoms with van der Waals surface area (Å²) in [4.78, 5) is 5.70. The minimum atomic E-state index is 0.0240. The van der Waals surface area contributed by atoms with Gasteiger partial charge in [-0.3, -0.25) is 0 Å². The van der Waals surface area contributed by atoms with Crippen molar-refractivity contribution in [2.45, 2.75) is 19.9 Å². The van der Waals surface area contributed by atoms with Crippen molar-refractivity contribution in [1.29, 1.82) is 0 Å². The molecular weight excluding hydrogens is 232 g/mol. The van der Waals surface area contributed by atoms with Crippen LogP contribution >= 0.6 is 11.3 Å². The fourth-order valence-electron chi connectivity index (χ4n) is 1.77. The Morgan fingerprint density at radius 3 is 2.65 bits per heavy atom. The Kier molecular flexibility index (Phi) is 3.45. The number of rotatable bonds is 3. The zero-order valence-corrected chi connectivity index (χ0v) is 11.0. The van der Waals surface area contributed by atoms with Crippen LogP contribution in [-0.2, 0) is 0 Å². The lowest BCUT2D eigenvalue weighted by molar-refractivity contribution is 0.416. The van der Waals surface area contributed by atoms with Crippen LogP contribution in [0.15, 0.2) is 24.3 Å². The number of hydrogen-bond acceptors (Lipinski definition) is 4. The smallest absolute Gasteiger partial charge is 0.129 e. The van der Waals surface area contributed by atoms with Gasteiger partial charge in [0.25, 0.3) is 0 Å². The van der Waals surface area contributed by atoms with Gasteiger partial charge in [-0.25, -0.2) is 4.98 Å². The van der Waals surface area contributed by atoms with Gasteiger partial charge in [-0.1, -0.05) is 12.1 Å². The molecular formula is C13H16N2OS. The maximum atomic E-state index is 5.92. The van der Waals surface area contributed by atoms with E-state index in [0.29, 0.717) is 0 Å². The molecule has 17 heavy (non-hydrogen) atoms. The lowest BCUT2D eigenvalue weighted by Gasteiger charge is -2.04. The minimum absolute atomic E-state index is 0.0240. The Balaban J connectivity index is 2.50. The maximum Gasteiger partial charge on any atom is 0.129 e. The van der Waals surface area contributed by atoms with Crippen LogP contribution in [-0.4, -0.2) is 12.1 Å². The molecule has 90 valence electrons. The molecule has 1 aromatic heterocycles. The van der Waals surface area contributed by atoms with Crippen LogP contribution in [0.2, 0.25) is 0 Å². The fourth-order valence-corrected chi connectivity index (χ4v) is 2.82. The topological polar surface area (TPSA) is 48.1 Å². The molecule has 0 saturated carbocycles. The largest absolute Gasteiger partial charge is 0.496 e. The zero-order chi connectivity index (χ0) is 12.4. The highest BCUT2D eigenvalue weighted by Gasteiger charge is 2.14. The van der Waals surface area contributed by atoms with Gasteiger partial charge in [0.15, 0.2) is 0 Å². The van der Waals surface area contributed by atoms with Crippen molar-refractivity contribution in [2.75, 3.05) is 7.11 Å². The zero-order valence-electron chi connectivity index (χ0n) is 10.2. The number of methoxy groups -OCH3 is 1. The van der Waals surface area contributed by atoms with Crippen LogP contribution in [0.4, 0.5) is 0 Å². The minimum Gasteiger partial charge on any atom is -0.496 e. The van der Waals surface area contributed by atoms with Crippen LogP contribution in [0.3, 0.4) is 0 Å². The number of ether oxygens (including phenoxy) is 1. The van der Waals surface area contributed by atoms with E-state index in [9.17, 15) is 0 Å². The Hall–Kier alpha value is -1.39. The van der Waals surface area contributed by atoms with E-state index in [4.69, 9.17) is 10.5 Å². The van der Waals surface area contributed by atoms with E-state index < -0.39 is 0 Å². The van der Waals surface area contributed by atoms with E-state index >= 15 is 0 Å². The van der Waals surface area contributed by atoms with E-state index in [0.717, 1.165) is 26.9 Å². The quantitative estimate of drug-likeness (QED) is 0.907. The highest BCUT2D eigenvalue weighted by atomic mass is 32.1. The third-order valence-corrected chi connectivity index (χ3v) is 3.98. The number of aryl methyl sites for hydroxylation is 1. The highest BCUT2D eigenvalue weighted by Crippen LogP contribution is 2.35. The lowest BCUT2D eigenvalue weighted by atomic mass is 10.2. The molecule has 3 nitrogen and oxygen atoms in total. The molecule has 0 aliphatic carbocycles. The molecule has 2 N–H and O–H groups in total.